The van der Waals surface area contributed by atoms with Crippen LogP contribution in [0.2, 0.25) is 0 Å². The molecule has 0 aliphatic carbocycles. The van der Waals surface area contributed by atoms with Gasteiger partial charge in [0, 0.05) is 17.7 Å². The molecule has 31 heavy (non-hydrogen) atoms. The van der Waals surface area contributed by atoms with Gasteiger partial charge in [-0.2, -0.15) is 13.2 Å². The minimum Gasteiger partial charge on any atom is -0.348 e. The van der Waals surface area contributed by atoms with Crippen LogP contribution in [0.3, 0.4) is 0 Å². The maximum Gasteiger partial charge on any atom is 0.416 e. The molecule has 0 aliphatic rings. The lowest BCUT2D eigenvalue weighted by Crippen LogP contribution is -2.25. The topological polar surface area (TPSA) is 101 Å². The third kappa shape index (κ3) is 5.05. The van der Waals surface area contributed by atoms with E-state index in [1.54, 1.807) is 44.2 Å². The van der Waals surface area contributed by atoms with Gasteiger partial charge in [0.15, 0.2) is 0 Å². The number of amides is 1. The predicted octanol–water partition coefficient (Wildman–Crippen LogP) is 4.04. The van der Waals surface area contributed by atoms with Crippen molar-refractivity contribution in [3.63, 3.8) is 0 Å². The van der Waals surface area contributed by atoms with Crippen molar-refractivity contribution >= 4 is 21.8 Å². The Balaban J connectivity index is 1.95. The van der Waals surface area contributed by atoms with Crippen molar-refractivity contribution in [2.24, 2.45) is 0 Å². The standard InChI is InChI=1S/C20H18F3N3O4S/c1-12-13(2)25-30-19(12)26-31(28,29)17-10-16(20(21,22)23)9-8-15(17)11-24-18(27)14-6-4-3-5-7-14/h3-10,26H,11H2,1-2H3,(H,24,27). The quantitative estimate of drug-likeness (QED) is 0.587. The number of aromatic nitrogens is 1. The van der Waals surface area contributed by atoms with Crippen molar-refractivity contribution < 1.29 is 30.9 Å². The minimum absolute atomic E-state index is 0.0290. The van der Waals surface area contributed by atoms with Crippen LogP contribution in [0, 0.1) is 13.8 Å². The lowest BCUT2D eigenvalue weighted by atomic mass is 10.1. The molecule has 1 heterocycles. The van der Waals surface area contributed by atoms with Crippen molar-refractivity contribution in [2.75, 3.05) is 4.72 Å². The first kappa shape index (κ1) is 22.3. The number of carbonyl (C=O) groups is 1. The molecule has 7 nitrogen and oxygen atoms in total. The third-order valence-corrected chi connectivity index (χ3v) is 5.96. The van der Waals surface area contributed by atoms with Crippen LogP contribution in [0.25, 0.3) is 0 Å². The second-order valence-electron chi connectivity index (χ2n) is 6.70. The Morgan fingerprint density at radius 3 is 2.35 bits per heavy atom. The van der Waals surface area contributed by atoms with Gasteiger partial charge in [0.1, 0.15) is 0 Å². The monoisotopic (exact) mass is 453 g/mol. The number of hydrogen-bond acceptors (Lipinski definition) is 5. The highest BCUT2D eigenvalue weighted by Gasteiger charge is 2.33. The number of benzene rings is 2. The molecule has 3 aromatic rings. The molecule has 11 heteroatoms. The van der Waals surface area contributed by atoms with E-state index in [1.807, 2.05) is 0 Å². The first-order valence-electron chi connectivity index (χ1n) is 8.98. The van der Waals surface area contributed by atoms with Crippen molar-refractivity contribution in [3.8, 4) is 0 Å². The van der Waals surface area contributed by atoms with Gasteiger partial charge in [-0.3, -0.25) is 4.79 Å². The summed E-state index contributed by atoms with van der Waals surface area (Å²) in [5.41, 5.74) is -0.0218. The molecule has 164 valence electrons. The summed E-state index contributed by atoms with van der Waals surface area (Å²) in [4.78, 5) is 11.6. The number of nitrogens with one attached hydrogen (secondary N) is 2. The Bertz CT molecular complexity index is 1210. The first-order valence-corrected chi connectivity index (χ1v) is 10.5. The van der Waals surface area contributed by atoms with Crippen LogP contribution in [0.15, 0.2) is 57.9 Å². The van der Waals surface area contributed by atoms with E-state index < -0.39 is 32.6 Å². The molecule has 0 fully saturated rings. The van der Waals surface area contributed by atoms with Gasteiger partial charge in [0.25, 0.3) is 15.9 Å². The fraction of sp³-hybridized carbons (Fsp3) is 0.200. The summed E-state index contributed by atoms with van der Waals surface area (Å²) in [7, 11) is -4.48. The molecule has 2 N–H and O–H groups in total. The van der Waals surface area contributed by atoms with Gasteiger partial charge in [-0.15, -0.1) is 0 Å². The molecule has 0 aliphatic heterocycles. The van der Waals surface area contributed by atoms with Crippen LogP contribution in [0.5, 0.6) is 0 Å². The summed E-state index contributed by atoms with van der Waals surface area (Å²) in [5.74, 6) is -0.701. The van der Waals surface area contributed by atoms with Crippen LogP contribution >= 0.6 is 0 Å². The number of halogens is 3. The number of alkyl halides is 3. The summed E-state index contributed by atoms with van der Waals surface area (Å²) in [6, 6.07) is 10.4. The number of aryl methyl sites for hydroxylation is 1. The summed E-state index contributed by atoms with van der Waals surface area (Å²) < 4.78 is 72.4. The van der Waals surface area contributed by atoms with E-state index >= 15 is 0 Å². The Labute approximate surface area is 176 Å². The first-order chi connectivity index (χ1) is 14.5. The minimum atomic E-state index is -4.76. The summed E-state index contributed by atoms with van der Waals surface area (Å²) in [6.07, 6.45) is -4.76. The maximum absolute atomic E-state index is 13.2. The molecule has 0 saturated heterocycles. The number of anilines is 1. The number of nitrogens with zero attached hydrogens (tertiary/aromatic N) is 1. The molecular formula is C20H18F3N3O4S. The second-order valence-corrected chi connectivity index (χ2v) is 8.35. The highest BCUT2D eigenvalue weighted by molar-refractivity contribution is 7.92. The van der Waals surface area contributed by atoms with Crippen molar-refractivity contribution in [1.82, 2.24) is 10.5 Å². The van der Waals surface area contributed by atoms with Gasteiger partial charge >= 0.3 is 6.18 Å². The van der Waals surface area contributed by atoms with Crippen LogP contribution in [0.1, 0.15) is 32.7 Å². The number of hydrogen-bond donors (Lipinski definition) is 2. The zero-order valence-electron chi connectivity index (χ0n) is 16.4. The van der Waals surface area contributed by atoms with Crippen molar-refractivity contribution in [3.05, 3.63) is 76.5 Å². The molecule has 1 aromatic heterocycles. The highest BCUT2D eigenvalue weighted by Crippen LogP contribution is 2.33. The van der Waals surface area contributed by atoms with Crippen molar-refractivity contribution in [2.45, 2.75) is 31.5 Å². The third-order valence-electron chi connectivity index (χ3n) is 4.54. The van der Waals surface area contributed by atoms with Gasteiger partial charge in [0.05, 0.1) is 16.2 Å². The fourth-order valence-corrected chi connectivity index (χ4v) is 3.99. The lowest BCUT2D eigenvalue weighted by molar-refractivity contribution is -0.137. The highest BCUT2D eigenvalue weighted by atomic mass is 32.2. The smallest absolute Gasteiger partial charge is 0.348 e. The van der Waals surface area contributed by atoms with E-state index in [1.165, 1.54) is 0 Å². The van der Waals surface area contributed by atoms with Crippen LogP contribution in [-0.2, 0) is 22.7 Å². The summed E-state index contributed by atoms with van der Waals surface area (Å²) >= 11 is 0. The fourth-order valence-electron chi connectivity index (χ4n) is 2.68. The van der Waals surface area contributed by atoms with Crippen molar-refractivity contribution in [1.29, 1.82) is 0 Å². The van der Waals surface area contributed by atoms with E-state index in [9.17, 15) is 26.4 Å². The summed E-state index contributed by atoms with van der Waals surface area (Å²) in [6.45, 7) is 2.83. The average molecular weight is 453 g/mol. The number of rotatable bonds is 6. The molecule has 1 amide bonds. The number of carbonyl (C=O) groups excluding carboxylic acids is 1. The molecular weight excluding hydrogens is 435 g/mol. The van der Waals surface area contributed by atoms with E-state index in [4.69, 9.17) is 4.52 Å². The number of sulfonamides is 1. The second kappa shape index (κ2) is 8.42. The Hall–Kier alpha value is -3.34. The maximum atomic E-state index is 13.2. The summed E-state index contributed by atoms with van der Waals surface area (Å²) in [5, 5.41) is 6.14. The Morgan fingerprint density at radius 2 is 1.77 bits per heavy atom. The lowest BCUT2D eigenvalue weighted by Gasteiger charge is -2.15. The van der Waals surface area contributed by atoms with Crippen LogP contribution in [-0.4, -0.2) is 19.5 Å². The zero-order chi connectivity index (χ0) is 22.8. The normalized spacial score (nSPS) is 11.9. The predicted molar refractivity (Wildman–Crippen MR) is 106 cm³/mol. The Kier molecular flexibility index (Phi) is 6.07. The van der Waals surface area contributed by atoms with E-state index in [2.05, 4.69) is 15.2 Å². The Morgan fingerprint density at radius 1 is 1.10 bits per heavy atom. The SMILES string of the molecule is Cc1noc(NS(=O)(=O)c2cc(C(F)(F)F)ccc2CNC(=O)c2ccccc2)c1C. The van der Waals surface area contributed by atoms with Crippen LogP contribution < -0.4 is 10.0 Å². The van der Waals surface area contributed by atoms with Gasteiger partial charge in [0.2, 0.25) is 5.88 Å². The molecule has 2 aromatic carbocycles. The van der Waals surface area contributed by atoms with Gasteiger partial charge in [-0.05, 0) is 43.7 Å². The van der Waals surface area contributed by atoms with E-state index in [0.717, 1.165) is 12.1 Å². The average Bonchev–Trinajstić information content (AvgIpc) is 3.03. The molecule has 0 spiro atoms. The van der Waals surface area contributed by atoms with Gasteiger partial charge in [-0.25, -0.2) is 13.1 Å². The molecule has 0 atom stereocenters. The van der Waals surface area contributed by atoms with E-state index in [-0.39, 0.29) is 18.0 Å². The largest absolute Gasteiger partial charge is 0.416 e. The molecule has 0 bridgehead atoms. The molecule has 0 saturated carbocycles. The van der Waals surface area contributed by atoms with Crippen LogP contribution in [0.4, 0.5) is 19.1 Å². The molecule has 0 radical (unpaired) electrons. The van der Waals surface area contributed by atoms with E-state index in [0.29, 0.717) is 22.9 Å². The molecule has 3 rings (SSSR count). The zero-order valence-corrected chi connectivity index (χ0v) is 17.3. The van der Waals surface area contributed by atoms with Gasteiger partial charge < -0.3 is 9.84 Å². The molecule has 0 unspecified atom stereocenters. The van der Waals surface area contributed by atoms with Gasteiger partial charge in [-0.1, -0.05) is 29.4 Å².